The van der Waals surface area contributed by atoms with Crippen molar-refractivity contribution in [2.45, 2.75) is 26.6 Å². The molecule has 0 fully saturated rings. The number of hydrogen-bond donors (Lipinski definition) is 2. The standard InChI is InChI=1S/C58H44N6O/c1-2-34-63-35-30-40(31-36-63)41-32-37-64(38-33-41)39-65-46-20-18-45(19-21-46)58-53-28-26-51(61-53)56(43-14-8-4-9-15-43)49-24-22-47(59-49)55(42-12-6-3-7-13-42)48-23-25-50(60-48)57(44-16-10-5-11-17-44)52-27-29-54(58)62-52/h3-33,35-38H,2,34,39H2,1H3/p+2. The van der Waals surface area contributed by atoms with Gasteiger partial charge >= 0.3 is 0 Å². The van der Waals surface area contributed by atoms with E-state index in [1.54, 1.807) is 0 Å². The number of aromatic amines is 2. The van der Waals surface area contributed by atoms with Gasteiger partial charge in [-0.15, -0.1) is 0 Å². The molecule has 0 saturated carbocycles. The van der Waals surface area contributed by atoms with Gasteiger partial charge in [-0.1, -0.05) is 110 Å². The first kappa shape index (κ1) is 39.4. The highest BCUT2D eigenvalue weighted by Gasteiger charge is 2.19. The van der Waals surface area contributed by atoms with Crippen molar-refractivity contribution in [2.24, 2.45) is 0 Å². The third-order valence-corrected chi connectivity index (χ3v) is 12.1. The number of nitrogens with zero attached hydrogens (tertiary/aromatic N) is 4. The number of rotatable bonds is 10. The second-order valence-corrected chi connectivity index (χ2v) is 16.3. The number of hydrogen-bond acceptors (Lipinski definition) is 3. The summed E-state index contributed by atoms with van der Waals surface area (Å²) in [7, 11) is 0. The van der Waals surface area contributed by atoms with Crippen LogP contribution in [0.15, 0.2) is 189 Å². The van der Waals surface area contributed by atoms with E-state index >= 15 is 0 Å². The molecule has 8 bridgehead atoms. The molecule has 0 radical (unpaired) electrons. The zero-order valence-corrected chi connectivity index (χ0v) is 36.0. The summed E-state index contributed by atoms with van der Waals surface area (Å²) in [6.45, 7) is 3.60. The van der Waals surface area contributed by atoms with Crippen molar-refractivity contribution in [1.29, 1.82) is 0 Å². The van der Waals surface area contributed by atoms with Gasteiger partial charge in [-0.05, 0) is 94.1 Å². The Labute approximate surface area is 378 Å². The van der Waals surface area contributed by atoms with Crippen LogP contribution < -0.4 is 13.9 Å². The number of benzene rings is 4. The van der Waals surface area contributed by atoms with Crippen molar-refractivity contribution in [1.82, 2.24) is 19.9 Å². The lowest BCUT2D eigenvalue weighted by Gasteiger charge is -2.08. The van der Waals surface area contributed by atoms with Gasteiger partial charge in [-0.3, -0.25) is 0 Å². The van der Waals surface area contributed by atoms with Gasteiger partial charge in [-0.2, -0.15) is 4.57 Å². The highest BCUT2D eigenvalue weighted by Crippen LogP contribution is 2.38. The minimum atomic E-state index is 0.383. The maximum atomic E-state index is 6.34. The first-order chi connectivity index (χ1) is 32.1. The van der Waals surface area contributed by atoms with E-state index in [1.807, 2.05) is 28.8 Å². The van der Waals surface area contributed by atoms with Crippen LogP contribution in [0, 0.1) is 0 Å². The first-order valence-corrected chi connectivity index (χ1v) is 22.2. The second kappa shape index (κ2) is 17.4. The Morgan fingerprint density at radius 1 is 0.385 bits per heavy atom. The van der Waals surface area contributed by atoms with Gasteiger partial charge in [0.05, 0.1) is 22.8 Å². The van der Waals surface area contributed by atoms with Gasteiger partial charge in [0.25, 0.3) is 6.73 Å². The highest BCUT2D eigenvalue weighted by molar-refractivity contribution is 5.99. The zero-order valence-electron chi connectivity index (χ0n) is 36.0. The Hall–Kier alpha value is -8.42. The minimum absolute atomic E-state index is 0.383. The van der Waals surface area contributed by atoms with Crippen molar-refractivity contribution in [2.75, 3.05) is 0 Å². The van der Waals surface area contributed by atoms with E-state index in [9.17, 15) is 0 Å². The normalized spacial score (nSPS) is 11.8. The number of ether oxygens (including phenoxy) is 1. The quantitative estimate of drug-likeness (QED) is 0.135. The van der Waals surface area contributed by atoms with Crippen LogP contribution in [-0.2, 0) is 13.3 Å². The monoisotopic (exact) mass is 842 g/mol. The van der Waals surface area contributed by atoms with E-state index < -0.39 is 0 Å². The fourth-order valence-electron chi connectivity index (χ4n) is 8.89. The number of nitrogens with one attached hydrogen (secondary N) is 2. The summed E-state index contributed by atoms with van der Waals surface area (Å²) in [5, 5.41) is 0. The van der Waals surface area contributed by atoms with Crippen molar-refractivity contribution >= 4 is 46.4 Å². The molecular weight excluding hydrogens is 797 g/mol. The summed E-state index contributed by atoms with van der Waals surface area (Å²) in [5.74, 6) is 0.776. The van der Waals surface area contributed by atoms with Crippen LogP contribution in [0.3, 0.4) is 0 Å². The number of fused-ring (bicyclic) bond motifs is 8. The van der Waals surface area contributed by atoms with E-state index in [0.29, 0.717) is 6.73 Å². The molecule has 0 unspecified atom stereocenters. The fourth-order valence-corrected chi connectivity index (χ4v) is 8.89. The van der Waals surface area contributed by atoms with E-state index in [4.69, 9.17) is 14.7 Å². The average Bonchev–Trinajstić information content (AvgIpc) is 4.22. The number of aryl methyl sites for hydroxylation is 1. The van der Waals surface area contributed by atoms with Gasteiger partial charge in [0.15, 0.2) is 24.8 Å². The molecule has 65 heavy (non-hydrogen) atoms. The molecule has 9 aromatic rings. The van der Waals surface area contributed by atoms with Crippen molar-refractivity contribution < 1.29 is 13.9 Å². The van der Waals surface area contributed by atoms with Gasteiger partial charge in [0.2, 0.25) is 0 Å². The van der Waals surface area contributed by atoms with Crippen LogP contribution in [0.5, 0.6) is 5.75 Å². The third-order valence-electron chi connectivity index (χ3n) is 12.1. The molecule has 0 atom stereocenters. The molecule has 11 rings (SSSR count). The Morgan fingerprint density at radius 3 is 1.11 bits per heavy atom. The maximum absolute atomic E-state index is 6.34. The molecule has 0 spiro atoms. The van der Waals surface area contributed by atoms with E-state index in [-0.39, 0.29) is 0 Å². The fraction of sp³-hybridized carbons (Fsp3) is 0.0690. The van der Waals surface area contributed by atoms with E-state index in [0.717, 1.165) is 108 Å². The summed E-state index contributed by atoms with van der Waals surface area (Å²) in [5.41, 5.74) is 18.0. The summed E-state index contributed by atoms with van der Waals surface area (Å²) >= 11 is 0. The van der Waals surface area contributed by atoms with Crippen LogP contribution in [0.4, 0.5) is 0 Å². The molecule has 2 aliphatic heterocycles. The smallest absolute Gasteiger partial charge is 0.292 e. The summed E-state index contributed by atoms with van der Waals surface area (Å²) < 4.78 is 10.6. The van der Waals surface area contributed by atoms with Crippen LogP contribution in [-0.4, -0.2) is 19.9 Å². The number of H-pyrrole nitrogens is 2. The predicted octanol–water partition coefficient (Wildman–Crippen LogP) is 13.0. The summed E-state index contributed by atoms with van der Waals surface area (Å²) in [6.07, 6.45) is 18.1. The van der Waals surface area contributed by atoms with E-state index in [1.165, 1.54) is 11.1 Å². The highest BCUT2D eigenvalue weighted by atomic mass is 16.5. The van der Waals surface area contributed by atoms with Crippen LogP contribution >= 0.6 is 0 Å². The molecule has 0 saturated heterocycles. The van der Waals surface area contributed by atoms with E-state index in [2.05, 4.69) is 210 Å². The molecule has 7 heteroatoms. The van der Waals surface area contributed by atoms with Crippen molar-refractivity contribution in [3.05, 3.63) is 211 Å². The first-order valence-electron chi connectivity index (χ1n) is 22.2. The van der Waals surface area contributed by atoms with Crippen LogP contribution in [0.1, 0.15) is 36.1 Å². The molecule has 2 N–H and O–H groups in total. The summed E-state index contributed by atoms with van der Waals surface area (Å²) in [6, 6.07) is 57.1. The second-order valence-electron chi connectivity index (χ2n) is 16.3. The van der Waals surface area contributed by atoms with Crippen molar-refractivity contribution in [3.8, 4) is 61.4 Å². The Balaban J connectivity index is 1.05. The number of aromatic nitrogens is 6. The Morgan fingerprint density at radius 2 is 0.738 bits per heavy atom. The van der Waals surface area contributed by atoms with Crippen LogP contribution in [0.2, 0.25) is 0 Å². The molecule has 2 aliphatic rings. The summed E-state index contributed by atoms with van der Waals surface area (Å²) in [4.78, 5) is 18.5. The SMILES string of the molecule is CCC[n+]1ccc(-c2cc[n+](COc3ccc(-c4c5nc(c(-c6ccccc6)c6ccc([nH]6)c(-c6ccccc6)c6nc(c(-c7ccccc7)c7ccc4[nH]7)C=C6)C=C5)cc3)cc2)cc1. The molecule has 7 heterocycles. The molecule has 7 nitrogen and oxygen atoms in total. The average molecular weight is 843 g/mol. The molecule has 5 aromatic heterocycles. The van der Waals surface area contributed by atoms with Crippen LogP contribution in [0.25, 0.3) is 102 Å². The molecule has 0 aliphatic carbocycles. The lowest BCUT2D eigenvalue weighted by molar-refractivity contribution is -0.724. The van der Waals surface area contributed by atoms with Gasteiger partial charge < -0.3 is 14.7 Å². The topological polar surface area (TPSA) is 74.3 Å². The van der Waals surface area contributed by atoms with Gasteiger partial charge in [0, 0.05) is 75.0 Å². The lowest BCUT2D eigenvalue weighted by Crippen LogP contribution is -2.35. The lowest BCUT2D eigenvalue weighted by atomic mass is 10.0. The number of pyridine rings is 2. The predicted molar refractivity (Wildman–Crippen MR) is 264 cm³/mol. The van der Waals surface area contributed by atoms with Gasteiger partial charge in [0.1, 0.15) is 12.3 Å². The Bertz CT molecular complexity index is 3350. The largest absolute Gasteiger partial charge is 0.436 e. The molecule has 312 valence electrons. The third kappa shape index (κ3) is 7.96. The van der Waals surface area contributed by atoms with Crippen molar-refractivity contribution in [3.63, 3.8) is 0 Å². The Kier molecular flexibility index (Phi) is 10.5. The minimum Gasteiger partial charge on any atom is -0.436 e. The molecule has 4 aromatic carbocycles. The zero-order chi connectivity index (χ0) is 43.5. The molecule has 0 amide bonds. The maximum Gasteiger partial charge on any atom is 0.292 e. The van der Waals surface area contributed by atoms with Gasteiger partial charge in [-0.25, -0.2) is 14.5 Å². The molecular formula is C58H46N6O+2.